The van der Waals surface area contributed by atoms with Crippen molar-refractivity contribution < 1.29 is 30.8 Å². The van der Waals surface area contributed by atoms with Crippen molar-refractivity contribution in [1.29, 1.82) is 0 Å². The van der Waals surface area contributed by atoms with E-state index in [1.807, 2.05) is 0 Å². The number of benzene rings is 2. The molecule has 186 valence electrons. The van der Waals surface area contributed by atoms with Gasteiger partial charge in [-0.05, 0) is 35.9 Å². The summed E-state index contributed by atoms with van der Waals surface area (Å²) >= 11 is 0. The van der Waals surface area contributed by atoms with E-state index < -0.39 is 39.3 Å². The summed E-state index contributed by atoms with van der Waals surface area (Å²) in [6.45, 7) is -0.118. The van der Waals surface area contributed by atoms with Gasteiger partial charge in [0.15, 0.2) is 0 Å². The first-order valence-corrected chi connectivity index (χ1v) is 11.7. The number of nitrogens with one attached hydrogen (secondary N) is 2. The van der Waals surface area contributed by atoms with Gasteiger partial charge in [0.2, 0.25) is 16.0 Å². The van der Waals surface area contributed by atoms with Crippen LogP contribution in [0.4, 0.5) is 40.7 Å². The van der Waals surface area contributed by atoms with Gasteiger partial charge in [-0.15, -0.1) is 0 Å². The second kappa shape index (κ2) is 9.74. The first-order chi connectivity index (χ1) is 16.3. The molecule has 0 saturated heterocycles. The highest BCUT2D eigenvalue weighted by Crippen LogP contribution is 2.34. The lowest BCUT2D eigenvalue weighted by molar-refractivity contribution is -0.137. The molecule has 0 unspecified atom stereocenters. The Morgan fingerprint density at radius 1 is 1.17 bits per heavy atom. The zero-order valence-corrected chi connectivity index (χ0v) is 19.2. The molecule has 14 heteroatoms. The molecule has 0 atom stereocenters. The minimum Gasteiger partial charge on any atom is -0.366 e. The molecule has 1 heterocycles. The van der Waals surface area contributed by atoms with E-state index >= 15 is 0 Å². The lowest BCUT2D eigenvalue weighted by Gasteiger charge is -2.18. The fourth-order valence-corrected chi connectivity index (χ4v) is 3.44. The van der Waals surface area contributed by atoms with Crippen molar-refractivity contribution in [3.63, 3.8) is 0 Å². The minimum atomic E-state index is -4.77. The fraction of sp³-hybridized carbons (Fsp3) is 0.190. The van der Waals surface area contributed by atoms with Gasteiger partial charge in [0.1, 0.15) is 17.2 Å². The third kappa shape index (κ3) is 6.35. The molecule has 1 aromatic heterocycles. The monoisotopic (exact) mass is 512 g/mol. The van der Waals surface area contributed by atoms with Crippen molar-refractivity contribution >= 4 is 39.1 Å². The number of amides is 1. The van der Waals surface area contributed by atoms with E-state index in [0.29, 0.717) is 17.4 Å². The standard InChI is InChI=1S/C21H20F4N6O3S/c1-31(35(2,33)34)14-5-3-4-12(8-14)10-27-19-16(21(23,24)25)11-28-20(30-19)29-13-6-7-15(18(26)32)17(22)9-13/h3-9,11H,10H2,1-2H3,(H2,26,32)(H2,27,28,29,30). The third-order valence-corrected chi connectivity index (χ3v) is 6.02. The molecule has 0 fully saturated rings. The molecule has 0 aliphatic carbocycles. The molecule has 3 rings (SSSR count). The van der Waals surface area contributed by atoms with Crippen LogP contribution in [0.2, 0.25) is 0 Å². The number of carbonyl (C=O) groups excluding carboxylic acids is 1. The Morgan fingerprint density at radius 2 is 1.89 bits per heavy atom. The van der Waals surface area contributed by atoms with Crippen molar-refractivity contribution in [2.45, 2.75) is 12.7 Å². The number of rotatable bonds is 8. The molecule has 1 amide bonds. The smallest absolute Gasteiger partial charge is 0.366 e. The van der Waals surface area contributed by atoms with Crippen molar-refractivity contribution in [2.75, 3.05) is 28.2 Å². The highest BCUT2D eigenvalue weighted by molar-refractivity contribution is 7.92. The van der Waals surface area contributed by atoms with Crippen LogP contribution in [0.1, 0.15) is 21.5 Å². The topological polar surface area (TPSA) is 130 Å². The summed E-state index contributed by atoms with van der Waals surface area (Å²) in [7, 11) is -2.18. The number of halogens is 4. The van der Waals surface area contributed by atoms with Gasteiger partial charge in [-0.2, -0.15) is 18.2 Å². The van der Waals surface area contributed by atoms with Crippen molar-refractivity contribution in [1.82, 2.24) is 9.97 Å². The summed E-state index contributed by atoms with van der Waals surface area (Å²) in [6.07, 6.45) is -3.18. The Balaban J connectivity index is 1.87. The lowest BCUT2D eigenvalue weighted by Crippen LogP contribution is -2.24. The van der Waals surface area contributed by atoms with Crippen LogP contribution in [-0.2, 0) is 22.7 Å². The van der Waals surface area contributed by atoms with Crippen LogP contribution in [0.25, 0.3) is 0 Å². The van der Waals surface area contributed by atoms with E-state index in [1.54, 1.807) is 18.2 Å². The summed E-state index contributed by atoms with van der Waals surface area (Å²) in [5, 5.41) is 5.16. The van der Waals surface area contributed by atoms with Crippen molar-refractivity contribution in [2.24, 2.45) is 5.73 Å². The Morgan fingerprint density at radius 3 is 2.49 bits per heavy atom. The number of nitrogens with zero attached hydrogens (tertiary/aromatic N) is 3. The number of nitrogens with two attached hydrogens (primary N) is 1. The second-order valence-electron chi connectivity index (χ2n) is 7.39. The normalized spacial score (nSPS) is 11.7. The largest absolute Gasteiger partial charge is 0.421 e. The van der Waals surface area contributed by atoms with Gasteiger partial charge < -0.3 is 16.4 Å². The van der Waals surface area contributed by atoms with E-state index in [-0.39, 0.29) is 23.7 Å². The van der Waals surface area contributed by atoms with Gasteiger partial charge in [-0.1, -0.05) is 12.1 Å². The van der Waals surface area contributed by atoms with Crippen LogP contribution < -0.4 is 20.7 Å². The third-order valence-electron chi connectivity index (χ3n) is 4.82. The quantitative estimate of drug-likeness (QED) is 0.394. The van der Waals surface area contributed by atoms with Gasteiger partial charge in [-0.25, -0.2) is 17.8 Å². The van der Waals surface area contributed by atoms with Crippen LogP contribution in [0.3, 0.4) is 0 Å². The molecule has 4 N–H and O–H groups in total. The molecule has 2 aromatic carbocycles. The summed E-state index contributed by atoms with van der Waals surface area (Å²) in [5.74, 6) is -2.71. The molecule has 9 nitrogen and oxygen atoms in total. The van der Waals surface area contributed by atoms with E-state index in [9.17, 15) is 30.8 Å². The molecule has 0 spiro atoms. The average molecular weight is 512 g/mol. The fourth-order valence-electron chi connectivity index (χ4n) is 2.95. The number of aromatic nitrogens is 2. The molecule has 0 aliphatic rings. The van der Waals surface area contributed by atoms with Gasteiger partial charge in [0.25, 0.3) is 5.91 Å². The van der Waals surface area contributed by atoms with Gasteiger partial charge in [0, 0.05) is 25.5 Å². The maximum Gasteiger partial charge on any atom is 0.421 e. The predicted molar refractivity (Wildman–Crippen MR) is 122 cm³/mol. The SMILES string of the molecule is CN(c1cccc(CNc2nc(Nc3ccc(C(N)=O)c(F)c3)ncc2C(F)(F)F)c1)S(C)(=O)=O. The zero-order valence-electron chi connectivity index (χ0n) is 18.4. The summed E-state index contributed by atoms with van der Waals surface area (Å²) in [4.78, 5) is 18.7. The van der Waals surface area contributed by atoms with E-state index in [2.05, 4.69) is 20.6 Å². The number of carbonyl (C=O) groups is 1. The Bertz CT molecular complexity index is 1370. The Kier molecular flexibility index (Phi) is 7.14. The lowest BCUT2D eigenvalue weighted by atomic mass is 10.2. The van der Waals surface area contributed by atoms with Crippen LogP contribution in [0.15, 0.2) is 48.7 Å². The number of sulfonamides is 1. The first kappa shape index (κ1) is 25.7. The van der Waals surface area contributed by atoms with Crippen LogP contribution in [-0.4, -0.2) is 37.6 Å². The number of alkyl halides is 3. The predicted octanol–water partition coefficient (Wildman–Crippen LogP) is 3.48. The van der Waals surface area contributed by atoms with Crippen LogP contribution in [0.5, 0.6) is 0 Å². The summed E-state index contributed by atoms with van der Waals surface area (Å²) in [5.41, 5.74) is 4.46. The van der Waals surface area contributed by atoms with Crippen LogP contribution in [0, 0.1) is 5.82 Å². The molecular weight excluding hydrogens is 492 g/mol. The maximum atomic E-state index is 14.0. The summed E-state index contributed by atoms with van der Waals surface area (Å²) in [6, 6.07) is 9.55. The Hall–Kier alpha value is -3.94. The van der Waals surface area contributed by atoms with Crippen LogP contribution >= 0.6 is 0 Å². The molecule has 3 aromatic rings. The first-order valence-electron chi connectivity index (χ1n) is 9.83. The number of hydrogen-bond acceptors (Lipinski definition) is 7. The van der Waals surface area contributed by atoms with Crippen molar-refractivity contribution in [3.05, 3.63) is 71.2 Å². The molecule has 0 saturated carbocycles. The minimum absolute atomic E-state index is 0.0784. The van der Waals surface area contributed by atoms with Gasteiger partial charge in [0.05, 0.1) is 17.5 Å². The summed E-state index contributed by atoms with van der Waals surface area (Å²) < 4.78 is 79.0. The maximum absolute atomic E-state index is 14.0. The second-order valence-corrected chi connectivity index (χ2v) is 9.41. The molecule has 0 radical (unpaired) electrons. The molecule has 0 aliphatic heterocycles. The van der Waals surface area contributed by atoms with E-state index in [4.69, 9.17) is 5.73 Å². The Labute approximate surface area is 198 Å². The highest BCUT2D eigenvalue weighted by atomic mass is 32.2. The molecular formula is C21H20F4N6O3S. The van der Waals surface area contributed by atoms with E-state index in [0.717, 1.165) is 22.7 Å². The number of hydrogen-bond donors (Lipinski definition) is 3. The average Bonchev–Trinajstić information content (AvgIpc) is 2.76. The number of primary amides is 1. The number of anilines is 4. The molecule has 0 bridgehead atoms. The molecule has 35 heavy (non-hydrogen) atoms. The van der Waals surface area contributed by atoms with Gasteiger partial charge in [-0.3, -0.25) is 9.10 Å². The zero-order chi connectivity index (χ0) is 26.0. The van der Waals surface area contributed by atoms with Gasteiger partial charge >= 0.3 is 6.18 Å². The highest BCUT2D eigenvalue weighted by Gasteiger charge is 2.35. The van der Waals surface area contributed by atoms with E-state index in [1.165, 1.54) is 19.2 Å². The van der Waals surface area contributed by atoms with Crippen molar-refractivity contribution in [3.8, 4) is 0 Å².